The van der Waals surface area contributed by atoms with Gasteiger partial charge >= 0.3 is 0 Å². The Morgan fingerprint density at radius 3 is 0.520 bits per heavy atom. The van der Waals surface area contributed by atoms with E-state index in [-0.39, 0.29) is 0 Å². The second kappa shape index (κ2) is 38.4. The highest BCUT2D eigenvalue weighted by Gasteiger charge is 2.27. The maximum Gasteiger partial charge on any atom is 0.164 e. The molecule has 0 unspecified atom stereocenters. The first-order chi connectivity index (χ1) is 74.4. The number of anilines is 12. The molecule has 0 saturated heterocycles. The summed E-state index contributed by atoms with van der Waals surface area (Å²) in [7, 11) is 0. The van der Waals surface area contributed by atoms with Crippen molar-refractivity contribution in [1.82, 2.24) is 39.0 Å². The van der Waals surface area contributed by atoms with E-state index in [0.29, 0.717) is 34.9 Å². The Hall–Kier alpha value is -20.3. The Labute approximate surface area is 866 Å². The SMILES string of the molecule is c1ccc(-c2nc(-c3ccccc3)nc(-c3ccc4c5ccc(-n6c7ccc(N(c8ccccc8)c8ccccc8)cc7c7cc(N(c8ccccc8)c8ccccc8)ccc76)cc5c5ccccc5c4c3)n2)cc1.c1ccc(-c2nc(-c3ccccc3)nc(-c3ccc4c5ccccc5c5ccc(-n6c7ccc(N(c8ccccc8)c8ccccc8)cc7c7cc(N(c8ccccc8)c8ccccc8)ccc76)cc5c4c3)n2)cc1. The summed E-state index contributed by atoms with van der Waals surface area (Å²) in [6.45, 7) is 0. The molecule has 0 aliphatic carbocycles. The first-order valence-corrected chi connectivity index (χ1v) is 50.7. The standard InChI is InChI=1S/2C69H46N6/c1-7-21-47(22-8-1)67-70-68(48-23-9-2-10-24-48)72-69(71-67)49-35-39-59-60-40-36-56(44-62(60)58-34-20-19-33-57(58)61(59)43-49)75-65-41-37-54(73(50-25-11-3-12-26-50)51-27-13-4-14-28-51)45-63(65)64-46-55(38-42-66(64)75)74(52-29-15-5-16-30-52)53-31-17-6-18-32-53;1-7-21-47(22-8-1)67-70-68(48-23-9-2-10-24-48)72-69(71-67)49-35-39-59-57-33-19-20-34-58(57)60-40-36-56(44-62(60)61(59)43-49)75-65-41-37-54(73(50-25-11-3-12-26-50)51-27-13-4-14-28-51)45-63(65)64-46-55(38-42-66(64)75)74(52-29-15-5-16-30-52)53-31-17-6-18-32-53/h2*1-46H. The molecule has 12 nitrogen and oxygen atoms in total. The lowest BCUT2D eigenvalue weighted by atomic mass is 9.93. The van der Waals surface area contributed by atoms with E-state index in [4.69, 9.17) is 29.9 Å². The lowest BCUT2D eigenvalue weighted by Gasteiger charge is -2.26. The fourth-order valence-electron chi connectivity index (χ4n) is 21.8. The monoisotopic (exact) mass is 1920 g/mol. The normalized spacial score (nSPS) is 11.5. The lowest BCUT2D eigenvalue weighted by molar-refractivity contribution is 1.07. The van der Waals surface area contributed by atoms with E-state index in [1.807, 2.05) is 97.1 Å². The van der Waals surface area contributed by atoms with Gasteiger partial charge in [0, 0.05) is 135 Å². The number of hydrogen-bond acceptors (Lipinski definition) is 10. The van der Waals surface area contributed by atoms with Gasteiger partial charge in [0.05, 0.1) is 22.1 Å². The summed E-state index contributed by atoms with van der Waals surface area (Å²) in [6.07, 6.45) is 0. The van der Waals surface area contributed by atoms with Gasteiger partial charge in [-0.1, -0.05) is 352 Å². The van der Waals surface area contributed by atoms with Crippen LogP contribution >= 0.6 is 0 Å². The lowest BCUT2D eigenvalue weighted by Crippen LogP contribution is -2.09. The van der Waals surface area contributed by atoms with Gasteiger partial charge < -0.3 is 28.7 Å². The molecule has 0 radical (unpaired) electrons. The van der Waals surface area contributed by atoms with Crippen molar-refractivity contribution in [2.75, 3.05) is 19.6 Å². The largest absolute Gasteiger partial charge is 0.310 e. The second-order valence-electron chi connectivity index (χ2n) is 37.7. The van der Waals surface area contributed by atoms with Gasteiger partial charge in [-0.15, -0.1) is 0 Å². The quantitative estimate of drug-likeness (QED) is 0.0686. The molecule has 0 bridgehead atoms. The highest BCUT2D eigenvalue weighted by atomic mass is 15.2. The molecule has 704 valence electrons. The highest BCUT2D eigenvalue weighted by molar-refractivity contribution is 6.28. The van der Waals surface area contributed by atoms with Gasteiger partial charge in [0.25, 0.3) is 0 Å². The van der Waals surface area contributed by atoms with Crippen LogP contribution in [0.25, 0.3) is 188 Å². The minimum atomic E-state index is 0.621. The molecule has 12 heteroatoms. The first kappa shape index (κ1) is 88.6. The van der Waals surface area contributed by atoms with E-state index in [0.717, 1.165) is 173 Å². The van der Waals surface area contributed by atoms with Crippen LogP contribution in [0.3, 0.4) is 0 Å². The molecule has 0 N–H and O–H groups in total. The third-order valence-electron chi connectivity index (χ3n) is 28.7. The van der Waals surface area contributed by atoms with Crippen LogP contribution in [0.1, 0.15) is 0 Å². The van der Waals surface area contributed by atoms with Crippen molar-refractivity contribution in [3.63, 3.8) is 0 Å². The molecule has 0 fully saturated rings. The Kier molecular flexibility index (Phi) is 22.7. The third-order valence-corrected chi connectivity index (χ3v) is 28.7. The Bertz CT molecular complexity index is 9350. The van der Waals surface area contributed by atoms with E-state index in [2.05, 4.69) is 490 Å². The molecule has 4 aromatic heterocycles. The van der Waals surface area contributed by atoms with Gasteiger partial charge in [0.1, 0.15) is 0 Å². The van der Waals surface area contributed by atoms with Gasteiger partial charge in [0.2, 0.25) is 0 Å². The maximum atomic E-state index is 5.16. The van der Waals surface area contributed by atoms with Crippen LogP contribution in [-0.2, 0) is 0 Å². The number of para-hydroxylation sites is 8. The number of nitrogens with zero attached hydrogens (tertiary/aromatic N) is 12. The number of hydrogen-bond donors (Lipinski definition) is 0. The highest BCUT2D eigenvalue weighted by Crippen LogP contribution is 2.50. The third kappa shape index (κ3) is 16.4. The fourth-order valence-corrected chi connectivity index (χ4v) is 21.8. The molecule has 0 amide bonds. The smallest absolute Gasteiger partial charge is 0.164 e. The molecular formula is C138H92N12. The topological polar surface area (TPSA) is 100 Å². The molecule has 150 heavy (non-hydrogen) atoms. The van der Waals surface area contributed by atoms with Crippen LogP contribution in [0.5, 0.6) is 0 Å². The van der Waals surface area contributed by atoms with Crippen LogP contribution in [-0.4, -0.2) is 39.0 Å². The van der Waals surface area contributed by atoms with Gasteiger partial charge in [-0.2, -0.15) is 0 Å². The first-order valence-electron chi connectivity index (χ1n) is 50.7. The number of rotatable bonds is 20. The van der Waals surface area contributed by atoms with Crippen molar-refractivity contribution in [3.8, 4) is 79.7 Å². The maximum absolute atomic E-state index is 5.16. The van der Waals surface area contributed by atoms with Crippen molar-refractivity contribution in [3.05, 3.63) is 558 Å². The predicted octanol–water partition coefficient (Wildman–Crippen LogP) is 36.7. The van der Waals surface area contributed by atoms with E-state index in [1.165, 1.54) is 48.5 Å². The summed E-state index contributed by atoms with van der Waals surface area (Å²) in [5.74, 6) is 3.80. The Morgan fingerprint density at radius 1 is 0.113 bits per heavy atom. The molecule has 0 saturated carbocycles. The number of aromatic nitrogens is 8. The molecule has 0 aliphatic heterocycles. The minimum Gasteiger partial charge on any atom is -0.310 e. The summed E-state index contributed by atoms with van der Waals surface area (Å²) in [6, 6.07) is 198. The molecule has 4 heterocycles. The molecule has 0 atom stereocenters. The summed E-state index contributed by atoms with van der Waals surface area (Å²) in [5, 5.41) is 18.6. The van der Waals surface area contributed by atoms with Crippen molar-refractivity contribution in [2.45, 2.75) is 0 Å². The zero-order valence-corrected chi connectivity index (χ0v) is 81.5. The zero-order valence-electron chi connectivity index (χ0n) is 81.5. The summed E-state index contributed by atoms with van der Waals surface area (Å²) in [5.41, 5.74) is 25.2. The van der Waals surface area contributed by atoms with Crippen molar-refractivity contribution < 1.29 is 0 Å². The molecule has 28 aromatic rings. The van der Waals surface area contributed by atoms with E-state index >= 15 is 0 Å². The van der Waals surface area contributed by atoms with Crippen LogP contribution in [0.15, 0.2) is 558 Å². The molecular weight excluding hydrogens is 1830 g/mol. The van der Waals surface area contributed by atoms with Gasteiger partial charge in [-0.05, 0) is 271 Å². The second-order valence-corrected chi connectivity index (χ2v) is 37.7. The van der Waals surface area contributed by atoms with Crippen LogP contribution in [0.2, 0.25) is 0 Å². The summed E-state index contributed by atoms with van der Waals surface area (Å²) < 4.78 is 4.89. The minimum absolute atomic E-state index is 0.621. The Morgan fingerprint density at radius 2 is 0.287 bits per heavy atom. The molecule has 0 spiro atoms. The van der Waals surface area contributed by atoms with Crippen LogP contribution in [0.4, 0.5) is 68.2 Å². The van der Waals surface area contributed by atoms with E-state index in [9.17, 15) is 0 Å². The zero-order chi connectivity index (χ0) is 99.3. The van der Waals surface area contributed by atoms with E-state index in [1.54, 1.807) is 0 Å². The van der Waals surface area contributed by atoms with Gasteiger partial charge in [-0.25, -0.2) is 29.9 Å². The van der Waals surface area contributed by atoms with Crippen molar-refractivity contribution in [2.24, 2.45) is 0 Å². The van der Waals surface area contributed by atoms with Crippen LogP contribution in [0, 0.1) is 0 Å². The fraction of sp³-hybridized carbons (Fsp3) is 0. The summed E-state index contributed by atoms with van der Waals surface area (Å²) in [4.78, 5) is 39.9. The number of benzene rings is 24. The average molecular weight is 1920 g/mol. The number of fused-ring (bicyclic) bond motifs is 18. The summed E-state index contributed by atoms with van der Waals surface area (Å²) >= 11 is 0. The molecule has 24 aromatic carbocycles. The molecule has 0 aliphatic rings. The van der Waals surface area contributed by atoms with Crippen molar-refractivity contribution >= 4 is 176 Å². The van der Waals surface area contributed by atoms with E-state index < -0.39 is 0 Å². The molecule has 28 rings (SSSR count). The average Bonchev–Trinajstić information content (AvgIpc) is 1.53. The van der Waals surface area contributed by atoms with Gasteiger partial charge in [0.15, 0.2) is 34.9 Å². The van der Waals surface area contributed by atoms with Crippen molar-refractivity contribution in [1.29, 1.82) is 0 Å². The van der Waals surface area contributed by atoms with Crippen LogP contribution < -0.4 is 19.6 Å². The van der Waals surface area contributed by atoms with Gasteiger partial charge in [-0.3, -0.25) is 0 Å². The predicted molar refractivity (Wildman–Crippen MR) is 625 cm³/mol. The Balaban J connectivity index is 0.000000148.